The van der Waals surface area contributed by atoms with Gasteiger partial charge in [-0.2, -0.15) is 0 Å². The zero-order valence-corrected chi connectivity index (χ0v) is 14.5. The van der Waals surface area contributed by atoms with Gasteiger partial charge in [-0.25, -0.2) is 4.39 Å². The Labute approximate surface area is 147 Å². The fraction of sp³-hybridized carbons (Fsp3) is 0.300. The molecular weight excluding hydrogens is 319 g/mol. The highest BCUT2D eigenvalue weighted by molar-refractivity contribution is 5.88. The highest BCUT2D eigenvalue weighted by Gasteiger charge is 2.25. The standard InChI is InChI=1S/C20H23FN2O2/c1-15(20(25)22-2)23(13-12-16-8-4-3-5-9-16)19(24)14-17-10-6-7-11-18(17)21/h3-11,15H,12-14H2,1-2H3,(H,22,25)/t15-/m0/s1. The smallest absolute Gasteiger partial charge is 0.242 e. The van der Waals surface area contributed by atoms with E-state index in [1.807, 2.05) is 30.3 Å². The number of nitrogens with one attached hydrogen (secondary N) is 1. The fourth-order valence-corrected chi connectivity index (χ4v) is 2.69. The van der Waals surface area contributed by atoms with Gasteiger partial charge in [-0.15, -0.1) is 0 Å². The summed E-state index contributed by atoms with van der Waals surface area (Å²) in [5.41, 5.74) is 1.41. The molecule has 0 fully saturated rings. The fourth-order valence-electron chi connectivity index (χ4n) is 2.69. The summed E-state index contributed by atoms with van der Waals surface area (Å²) in [4.78, 5) is 26.2. The lowest BCUT2D eigenvalue weighted by molar-refractivity contribution is -0.139. The second-order valence-corrected chi connectivity index (χ2v) is 5.88. The molecule has 5 heteroatoms. The average molecular weight is 342 g/mol. The number of likely N-dealkylation sites (N-methyl/N-ethyl adjacent to an activating group) is 1. The number of halogens is 1. The van der Waals surface area contributed by atoms with Crippen LogP contribution < -0.4 is 5.32 Å². The Balaban J connectivity index is 2.13. The molecular formula is C20H23FN2O2. The normalized spacial score (nSPS) is 11.6. The van der Waals surface area contributed by atoms with Crippen molar-refractivity contribution in [3.8, 4) is 0 Å². The minimum absolute atomic E-state index is 0.0667. The number of nitrogens with zero attached hydrogens (tertiary/aromatic N) is 1. The van der Waals surface area contributed by atoms with E-state index in [0.717, 1.165) is 5.56 Å². The van der Waals surface area contributed by atoms with E-state index in [1.54, 1.807) is 25.1 Å². The van der Waals surface area contributed by atoms with E-state index in [2.05, 4.69) is 5.32 Å². The summed E-state index contributed by atoms with van der Waals surface area (Å²) in [5, 5.41) is 2.57. The van der Waals surface area contributed by atoms with Gasteiger partial charge in [0.15, 0.2) is 0 Å². The van der Waals surface area contributed by atoms with Gasteiger partial charge in [-0.05, 0) is 30.5 Å². The molecule has 0 aliphatic carbocycles. The third kappa shape index (κ3) is 5.14. The minimum atomic E-state index is -0.618. The van der Waals surface area contributed by atoms with Crippen LogP contribution in [0.1, 0.15) is 18.1 Å². The Kier molecular flexibility index (Phi) is 6.69. The molecule has 4 nitrogen and oxygen atoms in total. The maximum Gasteiger partial charge on any atom is 0.242 e. The van der Waals surface area contributed by atoms with Crippen molar-refractivity contribution in [2.24, 2.45) is 0 Å². The van der Waals surface area contributed by atoms with Gasteiger partial charge in [-0.1, -0.05) is 48.5 Å². The first kappa shape index (κ1) is 18.6. The van der Waals surface area contributed by atoms with Gasteiger partial charge in [0, 0.05) is 13.6 Å². The highest BCUT2D eigenvalue weighted by Crippen LogP contribution is 2.12. The molecule has 2 aromatic rings. The van der Waals surface area contributed by atoms with Gasteiger partial charge in [0.05, 0.1) is 6.42 Å². The Morgan fingerprint density at radius 2 is 1.72 bits per heavy atom. The zero-order valence-electron chi connectivity index (χ0n) is 14.5. The van der Waals surface area contributed by atoms with Crippen LogP contribution in [0.5, 0.6) is 0 Å². The zero-order chi connectivity index (χ0) is 18.2. The van der Waals surface area contributed by atoms with Gasteiger partial charge in [-0.3, -0.25) is 9.59 Å². The highest BCUT2D eigenvalue weighted by atomic mass is 19.1. The monoisotopic (exact) mass is 342 g/mol. The molecule has 0 radical (unpaired) electrons. The van der Waals surface area contributed by atoms with Crippen LogP contribution in [0.15, 0.2) is 54.6 Å². The number of benzene rings is 2. The van der Waals surface area contributed by atoms with Crippen molar-refractivity contribution in [1.29, 1.82) is 0 Å². The molecule has 25 heavy (non-hydrogen) atoms. The third-order valence-electron chi connectivity index (χ3n) is 4.20. The lowest BCUT2D eigenvalue weighted by Crippen LogP contribution is -2.48. The first-order chi connectivity index (χ1) is 12.0. The van der Waals surface area contributed by atoms with Crippen LogP contribution in [0, 0.1) is 5.82 Å². The number of carbonyl (C=O) groups excluding carboxylic acids is 2. The van der Waals surface area contributed by atoms with Crippen LogP contribution in [0.4, 0.5) is 4.39 Å². The SMILES string of the molecule is CNC(=O)[C@H](C)N(CCc1ccccc1)C(=O)Cc1ccccc1F. The van der Waals surface area contributed by atoms with E-state index in [4.69, 9.17) is 0 Å². The molecule has 2 aromatic carbocycles. The molecule has 0 aliphatic heterocycles. The van der Waals surface area contributed by atoms with E-state index in [9.17, 15) is 14.0 Å². The number of hydrogen-bond acceptors (Lipinski definition) is 2. The summed E-state index contributed by atoms with van der Waals surface area (Å²) in [7, 11) is 1.54. The van der Waals surface area contributed by atoms with Gasteiger partial charge < -0.3 is 10.2 Å². The van der Waals surface area contributed by atoms with E-state index in [0.29, 0.717) is 18.5 Å². The summed E-state index contributed by atoms with van der Waals surface area (Å²) in [5.74, 6) is -0.918. The van der Waals surface area contributed by atoms with Crippen molar-refractivity contribution in [3.63, 3.8) is 0 Å². The van der Waals surface area contributed by atoms with Gasteiger partial charge in [0.2, 0.25) is 11.8 Å². The van der Waals surface area contributed by atoms with Crippen molar-refractivity contribution in [1.82, 2.24) is 10.2 Å². The van der Waals surface area contributed by atoms with Crippen LogP contribution in [0.25, 0.3) is 0 Å². The average Bonchev–Trinajstić information content (AvgIpc) is 2.63. The predicted octanol–water partition coefficient (Wildman–Crippen LogP) is 2.57. The van der Waals surface area contributed by atoms with E-state index >= 15 is 0 Å². The van der Waals surface area contributed by atoms with Crippen molar-refractivity contribution >= 4 is 11.8 Å². The van der Waals surface area contributed by atoms with Crippen LogP contribution in [-0.4, -0.2) is 36.3 Å². The Morgan fingerprint density at radius 3 is 2.36 bits per heavy atom. The molecule has 0 saturated heterocycles. The molecule has 0 saturated carbocycles. The first-order valence-electron chi connectivity index (χ1n) is 8.31. The first-order valence-corrected chi connectivity index (χ1v) is 8.31. The summed E-state index contributed by atoms with van der Waals surface area (Å²) < 4.78 is 13.8. The van der Waals surface area contributed by atoms with Crippen molar-refractivity contribution in [3.05, 3.63) is 71.5 Å². The number of amides is 2. The van der Waals surface area contributed by atoms with Crippen LogP contribution >= 0.6 is 0 Å². The molecule has 132 valence electrons. The maximum atomic E-state index is 13.8. The minimum Gasteiger partial charge on any atom is -0.357 e. The van der Waals surface area contributed by atoms with Crippen molar-refractivity contribution < 1.29 is 14.0 Å². The summed E-state index contributed by atoms with van der Waals surface area (Å²) in [6, 6.07) is 15.3. The molecule has 1 atom stereocenters. The summed E-state index contributed by atoms with van der Waals surface area (Å²) in [6.45, 7) is 2.08. The second-order valence-electron chi connectivity index (χ2n) is 5.88. The molecule has 0 unspecified atom stereocenters. The summed E-state index contributed by atoms with van der Waals surface area (Å²) >= 11 is 0. The number of rotatable bonds is 7. The molecule has 1 N–H and O–H groups in total. The molecule has 0 aliphatic rings. The molecule has 2 rings (SSSR count). The number of carbonyl (C=O) groups is 2. The van der Waals surface area contributed by atoms with Crippen LogP contribution in [-0.2, 0) is 22.4 Å². The predicted molar refractivity (Wildman–Crippen MR) is 95.5 cm³/mol. The largest absolute Gasteiger partial charge is 0.357 e. The quantitative estimate of drug-likeness (QED) is 0.841. The Morgan fingerprint density at radius 1 is 1.08 bits per heavy atom. The Bertz CT molecular complexity index is 719. The van der Waals surface area contributed by atoms with E-state index in [1.165, 1.54) is 18.0 Å². The maximum absolute atomic E-state index is 13.8. The van der Waals surface area contributed by atoms with E-state index in [-0.39, 0.29) is 18.2 Å². The van der Waals surface area contributed by atoms with E-state index < -0.39 is 11.9 Å². The lowest BCUT2D eigenvalue weighted by Gasteiger charge is -2.28. The van der Waals surface area contributed by atoms with Crippen LogP contribution in [0.3, 0.4) is 0 Å². The van der Waals surface area contributed by atoms with Crippen molar-refractivity contribution in [2.75, 3.05) is 13.6 Å². The second kappa shape index (κ2) is 8.97. The van der Waals surface area contributed by atoms with Gasteiger partial charge in [0.1, 0.15) is 11.9 Å². The van der Waals surface area contributed by atoms with Crippen LogP contribution in [0.2, 0.25) is 0 Å². The Hall–Kier alpha value is -2.69. The van der Waals surface area contributed by atoms with Gasteiger partial charge >= 0.3 is 0 Å². The summed E-state index contributed by atoms with van der Waals surface area (Å²) in [6.07, 6.45) is 0.563. The van der Waals surface area contributed by atoms with Crippen molar-refractivity contribution in [2.45, 2.75) is 25.8 Å². The lowest BCUT2D eigenvalue weighted by atomic mass is 10.1. The molecule has 2 amide bonds. The topological polar surface area (TPSA) is 49.4 Å². The molecule has 0 aromatic heterocycles. The number of hydrogen-bond donors (Lipinski definition) is 1. The van der Waals surface area contributed by atoms with Gasteiger partial charge in [0.25, 0.3) is 0 Å². The molecule has 0 spiro atoms. The third-order valence-corrected chi connectivity index (χ3v) is 4.20. The molecule has 0 heterocycles. The molecule has 0 bridgehead atoms.